The highest BCUT2D eigenvalue weighted by molar-refractivity contribution is 5.72. The topological polar surface area (TPSA) is 64.7 Å². The number of aromatic nitrogens is 4. The SMILES string of the molecule is Cn1ncc2c(=O)n(CCCC3CCCN3)cnc21. The number of hydrogen-bond donors (Lipinski definition) is 1. The van der Waals surface area contributed by atoms with Crippen LogP contribution < -0.4 is 10.9 Å². The maximum atomic E-state index is 12.2. The van der Waals surface area contributed by atoms with Crippen LogP contribution in [0.4, 0.5) is 0 Å². The molecule has 0 radical (unpaired) electrons. The van der Waals surface area contributed by atoms with Crippen molar-refractivity contribution >= 4 is 11.0 Å². The highest BCUT2D eigenvalue weighted by Crippen LogP contribution is 2.11. The van der Waals surface area contributed by atoms with Gasteiger partial charge in [-0.15, -0.1) is 0 Å². The quantitative estimate of drug-likeness (QED) is 0.878. The molecule has 1 fully saturated rings. The molecule has 1 saturated heterocycles. The average molecular weight is 261 g/mol. The maximum Gasteiger partial charge on any atom is 0.264 e. The molecule has 1 atom stereocenters. The van der Waals surface area contributed by atoms with Crippen LogP contribution >= 0.6 is 0 Å². The Balaban J connectivity index is 1.70. The lowest BCUT2D eigenvalue weighted by atomic mass is 10.1. The van der Waals surface area contributed by atoms with E-state index >= 15 is 0 Å². The zero-order valence-corrected chi connectivity index (χ0v) is 11.2. The van der Waals surface area contributed by atoms with E-state index in [2.05, 4.69) is 15.4 Å². The van der Waals surface area contributed by atoms with Gasteiger partial charge in [0, 0.05) is 19.6 Å². The Hall–Kier alpha value is -1.69. The number of aryl methyl sites for hydroxylation is 2. The summed E-state index contributed by atoms with van der Waals surface area (Å²) < 4.78 is 3.32. The van der Waals surface area contributed by atoms with E-state index in [0.717, 1.165) is 25.9 Å². The van der Waals surface area contributed by atoms with Crippen LogP contribution in [0, 0.1) is 0 Å². The summed E-state index contributed by atoms with van der Waals surface area (Å²) in [5.74, 6) is 0. The minimum atomic E-state index is 0.0116. The molecule has 3 heterocycles. The average Bonchev–Trinajstić information content (AvgIpc) is 3.03. The van der Waals surface area contributed by atoms with E-state index in [4.69, 9.17) is 0 Å². The molecule has 6 nitrogen and oxygen atoms in total. The van der Waals surface area contributed by atoms with Gasteiger partial charge in [0.2, 0.25) is 0 Å². The van der Waals surface area contributed by atoms with Gasteiger partial charge in [0.05, 0.1) is 12.5 Å². The van der Waals surface area contributed by atoms with Crippen LogP contribution in [0.15, 0.2) is 17.3 Å². The lowest BCUT2D eigenvalue weighted by molar-refractivity contribution is 0.496. The third kappa shape index (κ3) is 2.40. The first-order chi connectivity index (χ1) is 9.25. The van der Waals surface area contributed by atoms with Crippen molar-refractivity contribution < 1.29 is 0 Å². The van der Waals surface area contributed by atoms with E-state index in [0.29, 0.717) is 17.1 Å². The van der Waals surface area contributed by atoms with Gasteiger partial charge in [-0.05, 0) is 32.2 Å². The highest BCUT2D eigenvalue weighted by atomic mass is 16.1. The molecule has 1 unspecified atom stereocenters. The van der Waals surface area contributed by atoms with Gasteiger partial charge in [0.15, 0.2) is 5.65 Å². The predicted octanol–water partition coefficient (Wildman–Crippen LogP) is 0.662. The van der Waals surface area contributed by atoms with Gasteiger partial charge in [-0.3, -0.25) is 14.0 Å². The van der Waals surface area contributed by atoms with Crippen molar-refractivity contribution in [3.8, 4) is 0 Å². The molecule has 0 spiro atoms. The Morgan fingerprint density at radius 2 is 2.42 bits per heavy atom. The second kappa shape index (κ2) is 5.13. The fraction of sp³-hybridized carbons (Fsp3) is 0.615. The van der Waals surface area contributed by atoms with Crippen molar-refractivity contribution in [2.24, 2.45) is 7.05 Å². The van der Waals surface area contributed by atoms with Crippen molar-refractivity contribution in [3.05, 3.63) is 22.9 Å². The van der Waals surface area contributed by atoms with Gasteiger partial charge in [-0.25, -0.2) is 4.98 Å². The lowest BCUT2D eigenvalue weighted by Crippen LogP contribution is -2.24. The first kappa shape index (κ1) is 12.3. The Bertz CT molecular complexity index is 623. The maximum absolute atomic E-state index is 12.2. The minimum absolute atomic E-state index is 0.0116. The molecule has 0 aromatic carbocycles. The molecular weight excluding hydrogens is 242 g/mol. The number of nitrogens with zero attached hydrogens (tertiary/aromatic N) is 4. The highest BCUT2D eigenvalue weighted by Gasteiger charge is 2.13. The third-order valence-electron chi connectivity index (χ3n) is 3.83. The second-order valence-electron chi connectivity index (χ2n) is 5.18. The first-order valence-corrected chi connectivity index (χ1v) is 6.86. The van der Waals surface area contributed by atoms with Gasteiger partial charge >= 0.3 is 0 Å². The minimum Gasteiger partial charge on any atom is -0.314 e. The molecule has 102 valence electrons. The first-order valence-electron chi connectivity index (χ1n) is 6.86. The summed E-state index contributed by atoms with van der Waals surface area (Å²) in [5.41, 5.74) is 0.663. The van der Waals surface area contributed by atoms with E-state index < -0.39 is 0 Å². The zero-order valence-electron chi connectivity index (χ0n) is 11.2. The van der Waals surface area contributed by atoms with Gasteiger partial charge in [-0.2, -0.15) is 5.10 Å². The molecule has 2 aromatic heterocycles. The molecule has 0 aliphatic carbocycles. The van der Waals surface area contributed by atoms with E-state index in [1.165, 1.54) is 12.8 Å². The predicted molar refractivity (Wildman–Crippen MR) is 73.0 cm³/mol. The number of hydrogen-bond acceptors (Lipinski definition) is 4. The molecule has 0 saturated carbocycles. The Morgan fingerprint density at radius 3 is 3.21 bits per heavy atom. The van der Waals surface area contributed by atoms with Crippen LogP contribution in [0.25, 0.3) is 11.0 Å². The molecule has 19 heavy (non-hydrogen) atoms. The lowest BCUT2D eigenvalue weighted by Gasteiger charge is -2.10. The van der Waals surface area contributed by atoms with Gasteiger partial charge in [0.1, 0.15) is 5.39 Å². The van der Waals surface area contributed by atoms with Crippen molar-refractivity contribution in [1.29, 1.82) is 0 Å². The van der Waals surface area contributed by atoms with E-state index in [-0.39, 0.29) is 5.56 Å². The molecule has 1 N–H and O–H groups in total. The fourth-order valence-corrected chi connectivity index (χ4v) is 2.74. The van der Waals surface area contributed by atoms with Crippen molar-refractivity contribution in [2.45, 2.75) is 38.3 Å². The summed E-state index contributed by atoms with van der Waals surface area (Å²) in [7, 11) is 1.80. The summed E-state index contributed by atoms with van der Waals surface area (Å²) >= 11 is 0. The number of nitrogens with one attached hydrogen (secondary N) is 1. The van der Waals surface area contributed by atoms with Crippen LogP contribution in [-0.2, 0) is 13.6 Å². The molecule has 6 heteroatoms. The normalized spacial score (nSPS) is 19.3. The van der Waals surface area contributed by atoms with Crippen molar-refractivity contribution in [3.63, 3.8) is 0 Å². The van der Waals surface area contributed by atoms with Crippen LogP contribution in [0.1, 0.15) is 25.7 Å². The van der Waals surface area contributed by atoms with Crippen LogP contribution in [0.5, 0.6) is 0 Å². The smallest absolute Gasteiger partial charge is 0.264 e. The summed E-state index contributed by atoms with van der Waals surface area (Å²) in [6.45, 7) is 1.86. The van der Waals surface area contributed by atoms with Crippen molar-refractivity contribution in [1.82, 2.24) is 24.6 Å². The Kier molecular flexibility index (Phi) is 3.33. The van der Waals surface area contributed by atoms with Crippen LogP contribution in [-0.4, -0.2) is 31.9 Å². The van der Waals surface area contributed by atoms with Crippen LogP contribution in [0.3, 0.4) is 0 Å². The summed E-state index contributed by atoms with van der Waals surface area (Å²) in [5, 5.41) is 8.15. The Labute approximate surface area is 111 Å². The number of rotatable bonds is 4. The largest absolute Gasteiger partial charge is 0.314 e. The second-order valence-corrected chi connectivity index (χ2v) is 5.18. The monoisotopic (exact) mass is 261 g/mol. The van der Waals surface area contributed by atoms with Crippen molar-refractivity contribution in [2.75, 3.05) is 6.54 Å². The van der Waals surface area contributed by atoms with Gasteiger partial charge < -0.3 is 5.32 Å². The van der Waals surface area contributed by atoms with E-state index in [1.54, 1.807) is 28.8 Å². The molecule has 3 rings (SSSR count). The van der Waals surface area contributed by atoms with Gasteiger partial charge in [0.25, 0.3) is 5.56 Å². The van der Waals surface area contributed by atoms with E-state index in [9.17, 15) is 4.79 Å². The van der Waals surface area contributed by atoms with E-state index in [1.807, 2.05) is 0 Å². The number of fused-ring (bicyclic) bond motifs is 1. The molecule has 2 aromatic rings. The molecule has 1 aliphatic heterocycles. The Morgan fingerprint density at radius 1 is 1.53 bits per heavy atom. The molecular formula is C13H19N5O. The molecule has 1 aliphatic rings. The zero-order chi connectivity index (χ0) is 13.2. The summed E-state index contributed by atoms with van der Waals surface area (Å²) in [6, 6.07) is 0.630. The standard InChI is InChI=1S/C13H19N5O/c1-17-12-11(8-16-17)13(19)18(9-15-12)7-3-5-10-4-2-6-14-10/h8-10,14H,2-7H2,1H3. The fourth-order valence-electron chi connectivity index (χ4n) is 2.74. The summed E-state index contributed by atoms with van der Waals surface area (Å²) in [6.07, 6.45) is 7.89. The summed E-state index contributed by atoms with van der Waals surface area (Å²) in [4.78, 5) is 16.5. The van der Waals surface area contributed by atoms with Crippen LogP contribution in [0.2, 0.25) is 0 Å². The van der Waals surface area contributed by atoms with Gasteiger partial charge in [-0.1, -0.05) is 0 Å². The third-order valence-corrected chi connectivity index (χ3v) is 3.83. The molecule has 0 bridgehead atoms. The molecule has 0 amide bonds.